The summed E-state index contributed by atoms with van der Waals surface area (Å²) < 4.78 is 7.05. The molecule has 8 heteroatoms. The van der Waals surface area contributed by atoms with Crippen molar-refractivity contribution in [3.05, 3.63) is 42.2 Å². The van der Waals surface area contributed by atoms with E-state index in [2.05, 4.69) is 15.7 Å². The molecule has 0 saturated carbocycles. The lowest BCUT2D eigenvalue weighted by Gasteiger charge is -2.30. The number of nitrogens with one attached hydrogen (secondary N) is 2. The van der Waals surface area contributed by atoms with Gasteiger partial charge in [0.05, 0.1) is 31.6 Å². The lowest BCUT2D eigenvalue weighted by Crippen LogP contribution is -2.49. The van der Waals surface area contributed by atoms with Crippen molar-refractivity contribution in [2.24, 2.45) is 7.05 Å². The Morgan fingerprint density at radius 1 is 1.45 bits per heavy atom. The molecule has 1 aliphatic heterocycles. The van der Waals surface area contributed by atoms with E-state index in [-0.39, 0.29) is 24.4 Å². The zero-order chi connectivity index (χ0) is 20.8. The number of benzene rings is 1. The molecular formula is C21H29N5O3. The van der Waals surface area contributed by atoms with E-state index in [0.717, 1.165) is 29.8 Å². The van der Waals surface area contributed by atoms with Gasteiger partial charge in [-0.1, -0.05) is 12.1 Å². The highest BCUT2D eigenvalue weighted by molar-refractivity contribution is 5.89. The first-order valence-corrected chi connectivity index (χ1v) is 9.94. The largest absolute Gasteiger partial charge is 0.497 e. The SMILES string of the molecule is COc1cccc([C@H](C)N(CC(=O)N[C@H]2CCCCNC2=O)c2cnn(C)c2)c1. The first-order chi connectivity index (χ1) is 14.0. The maximum Gasteiger partial charge on any atom is 0.242 e. The zero-order valence-electron chi connectivity index (χ0n) is 17.2. The van der Waals surface area contributed by atoms with Crippen LogP contribution in [0.4, 0.5) is 5.69 Å². The Kier molecular flexibility index (Phi) is 6.74. The van der Waals surface area contributed by atoms with E-state index >= 15 is 0 Å². The number of hydrogen-bond donors (Lipinski definition) is 2. The molecule has 1 aliphatic rings. The van der Waals surface area contributed by atoms with Crippen LogP contribution >= 0.6 is 0 Å². The number of aryl methyl sites for hydroxylation is 1. The van der Waals surface area contributed by atoms with Crippen LogP contribution in [0.3, 0.4) is 0 Å². The van der Waals surface area contributed by atoms with Gasteiger partial charge in [0.1, 0.15) is 11.8 Å². The lowest BCUT2D eigenvalue weighted by molar-refractivity contribution is -0.128. The van der Waals surface area contributed by atoms with Gasteiger partial charge in [-0.15, -0.1) is 0 Å². The van der Waals surface area contributed by atoms with Crippen molar-refractivity contribution in [2.45, 2.75) is 38.3 Å². The molecule has 1 fully saturated rings. The second kappa shape index (κ2) is 9.45. The van der Waals surface area contributed by atoms with Crippen LogP contribution in [0.2, 0.25) is 0 Å². The number of carbonyl (C=O) groups is 2. The third-order valence-electron chi connectivity index (χ3n) is 5.25. The molecule has 2 atom stereocenters. The number of amides is 2. The van der Waals surface area contributed by atoms with Gasteiger partial charge < -0.3 is 20.3 Å². The Labute approximate surface area is 171 Å². The monoisotopic (exact) mass is 399 g/mol. The third kappa shape index (κ3) is 5.28. The van der Waals surface area contributed by atoms with Gasteiger partial charge in [0, 0.05) is 19.8 Å². The molecule has 1 aromatic heterocycles. The summed E-state index contributed by atoms with van der Waals surface area (Å²) in [5.74, 6) is 0.468. The minimum Gasteiger partial charge on any atom is -0.497 e. The van der Waals surface area contributed by atoms with Crippen LogP contribution in [0.1, 0.15) is 37.8 Å². The number of carbonyl (C=O) groups excluding carboxylic acids is 2. The molecule has 0 spiro atoms. The molecule has 1 saturated heterocycles. The Balaban J connectivity index is 1.78. The summed E-state index contributed by atoms with van der Waals surface area (Å²) >= 11 is 0. The Morgan fingerprint density at radius 2 is 2.28 bits per heavy atom. The first kappa shape index (κ1) is 20.7. The quantitative estimate of drug-likeness (QED) is 0.741. The van der Waals surface area contributed by atoms with Crippen molar-refractivity contribution >= 4 is 17.5 Å². The maximum atomic E-state index is 12.8. The molecule has 2 amide bonds. The van der Waals surface area contributed by atoms with Crippen molar-refractivity contribution < 1.29 is 14.3 Å². The van der Waals surface area contributed by atoms with E-state index in [1.165, 1.54) is 0 Å². The van der Waals surface area contributed by atoms with Gasteiger partial charge in [-0.05, 0) is 43.9 Å². The van der Waals surface area contributed by atoms with E-state index in [4.69, 9.17) is 4.74 Å². The number of methoxy groups -OCH3 is 1. The average molecular weight is 399 g/mol. The van der Waals surface area contributed by atoms with Crippen LogP contribution in [0.15, 0.2) is 36.7 Å². The van der Waals surface area contributed by atoms with Crippen LogP contribution in [0.25, 0.3) is 0 Å². The van der Waals surface area contributed by atoms with Crippen molar-refractivity contribution in [2.75, 3.05) is 25.1 Å². The van der Waals surface area contributed by atoms with E-state index in [1.54, 1.807) is 18.0 Å². The van der Waals surface area contributed by atoms with Crippen molar-refractivity contribution in [3.8, 4) is 5.75 Å². The molecule has 1 aromatic carbocycles. The molecule has 29 heavy (non-hydrogen) atoms. The third-order valence-corrected chi connectivity index (χ3v) is 5.25. The molecule has 3 rings (SSSR count). The molecule has 2 heterocycles. The number of hydrogen-bond acceptors (Lipinski definition) is 5. The summed E-state index contributed by atoms with van der Waals surface area (Å²) in [5.41, 5.74) is 1.86. The minimum absolute atomic E-state index is 0.0944. The molecule has 8 nitrogen and oxygen atoms in total. The van der Waals surface area contributed by atoms with E-state index < -0.39 is 6.04 Å². The van der Waals surface area contributed by atoms with Crippen LogP contribution in [-0.2, 0) is 16.6 Å². The second-order valence-electron chi connectivity index (χ2n) is 7.36. The summed E-state index contributed by atoms with van der Waals surface area (Å²) in [7, 11) is 3.47. The average Bonchev–Trinajstić information content (AvgIpc) is 3.05. The fourth-order valence-corrected chi connectivity index (χ4v) is 3.56. The summed E-state index contributed by atoms with van der Waals surface area (Å²) in [6, 6.07) is 7.22. The highest BCUT2D eigenvalue weighted by Crippen LogP contribution is 2.28. The van der Waals surface area contributed by atoms with Gasteiger partial charge >= 0.3 is 0 Å². The maximum absolute atomic E-state index is 12.8. The van der Waals surface area contributed by atoms with Gasteiger partial charge in [0.25, 0.3) is 0 Å². The zero-order valence-corrected chi connectivity index (χ0v) is 17.2. The first-order valence-electron chi connectivity index (χ1n) is 9.94. The predicted octanol–water partition coefficient (Wildman–Crippen LogP) is 1.78. The standard InChI is InChI=1S/C21H29N5O3/c1-15(16-7-6-8-18(11-16)29-3)26(17-12-23-25(2)13-17)14-20(27)24-19-9-4-5-10-22-21(19)28/h6-8,11-13,15,19H,4-5,9-10,14H2,1-3H3,(H,22,28)(H,24,27)/t15-,19-/m0/s1. The molecule has 0 bridgehead atoms. The van der Waals surface area contributed by atoms with Gasteiger partial charge in [0.15, 0.2) is 0 Å². The fraction of sp³-hybridized carbons (Fsp3) is 0.476. The smallest absolute Gasteiger partial charge is 0.242 e. The fourth-order valence-electron chi connectivity index (χ4n) is 3.56. The van der Waals surface area contributed by atoms with Crippen molar-refractivity contribution in [1.29, 1.82) is 0 Å². The highest BCUT2D eigenvalue weighted by Gasteiger charge is 2.26. The van der Waals surface area contributed by atoms with Crippen LogP contribution in [0.5, 0.6) is 5.75 Å². The second-order valence-corrected chi connectivity index (χ2v) is 7.36. The Morgan fingerprint density at radius 3 is 3.00 bits per heavy atom. The molecule has 2 aromatic rings. The molecule has 0 aliphatic carbocycles. The Bertz CT molecular complexity index is 850. The lowest BCUT2D eigenvalue weighted by atomic mass is 10.1. The minimum atomic E-state index is -0.479. The number of anilines is 1. The van der Waals surface area contributed by atoms with Crippen LogP contribution in [0, 0.1) is 0 Å². The molecule has 0 unspecified atom stereocenters. The molecular weight excluding hydrogens is 370 g/mol. The topological polar surface area (TPSA) is 88.5 Å². The van der Waals surface area contributed by atoms with Crippen LogP contribution < -0.4 is 20.3 Å². The molecule has 156 valence electrons. The summed E-state index contributed by atoms with van der Waals surface area (Å²) in [5, 5.41) is 10.0. The Hall–Kier alpha value is -3.03. The summed E-state index contributed by atoms with van der Waals surface area (Å²) in [6.45, 7) is 2.82. The number of ether oxygens (including phenoxy) is 1. The number of aromatic nitrogens is 2. The number of rotatable bonds is 7. The molecule has 0 radical (unpaired) electrons. The van der Waals surface area contributed by atoms with E-state index in [1.807, 2.05) is 49.3 Å². The number of nitrogens with zero attached hydrogens (tertiary/aromatic N) is 3. The van der Waals surface area contributed by atoms with Crippen LogP contribution in [-0.4, -0.2) is 47.8 Å². The van der Waals surface area contributed by atoms with Crippen molar-refractivity contribution in [3.63, 3.8) is 0 Å². The summed E-state index contributed by atoms with van der Waals surface area (Å²) in [6.07, 6.45) is 6.13. The normalized spacial score (nSPS) is 17.8. The highest BCUT2D eigenvalue weighted by atomic mass is 16.5. The van der Waals surface area contributed by atoms with Gasteiger partial charge in [-0.2, -0.15) is 5.10 Å². The van der Waals surface area contributed by atoms with Gasteiger partial charge in [-0.3, -0.25) is 14.3 Å². The van der Waals surface area contributed by atoms with E-state index in [9.17, 15) is 9.59 Å². The summed E-state index contributed by atoms with van der Waals surface area (Å²) in [4.78, 5) is 27.0. The van der Waals surface area contributed by atoms with Gasteiger partial charge in [-0.25, -0.2) is 0 Å². The molecule has 2 N–H and O–H groups in total. The van der Waals surface area contributed by atoms with E-state index in [0.29, 0.717) is 13.0 Å². The van der Waals surface area contributed by atoms with Crippen molar-refractivity contribution in [1.82, 2.24) is 20.4 Å². The predicted molar refractivity (Wildman–Crippen MR) is 111 cm³/mol. The van der Waals surface area contributed by atoms with Gasteiger partial charge in [0.2, 0.25) is 11.8 Å².